The zero-order valence-corrected chi connectivity index (χ0v) is 14.3. The number of hydrogen-bond acceptors (Lipinski definition) is 6. The fourth-order valence-corrected chi connectivity index (χ4v) is 2.85. The first-order valence-corrected chi connectivity index (χ1v) is 8.72. The molecule has 0 unspecified atom stereocenters. The highest BCUT2D eigenvalue weighted by Gasteiger charge is 2.10. The lowest BCUT2D eigenvalue weighted by atomic mass is 10.2. The Hall–Kier alpha value is -2.87. The third-order valence-corrected chi connectivity index (χ3v) is 4.20. The predicted molar refractivity (Wildman–Crippen MR) is 97.6 cm³/mol. The Labute approximate surface area is 148 Å². The van der Waals surface area contributed by atoms with Gasteiger partial charge >= 0.3 is 0 Å². The van der Waals surface area contributed by atoms with Gasteiger partial charge in [-0.05, 0) is 19.1 Å². The second-order valence-electron chi connectivity index (χ2n) is 5.29. The maximum absolute atomic E-state index is 12.1. The van der Waals surface area contributed by atoms with Crippen molar-refractivity contribution >= 4 is 46.0 Å². The van der Waals surface area contributed by atoms with Gasteiger partial charge in [0.2, 0.25) is 11.8 Å². The number of hydrogen-bond donors (Lipinski definition) is 2. The van der Waals surface area contributed by atoms with E-state index in [-0.39, 0.29) is 23.3 Å². The fourth-order valence-electron chi connectivity index (χ4n) is 2.23. The van der Waals surface area contributed by atoms with Gasteiger partial charge in [0.15, 0.2) is 5.82 Å². The van der Waals surface area contributed by atoms with Crippen molar-refractivity contribution < 1.29 is 14.1 Å². The number of fused-ring (bicyclic) bond motifs is 1. The van der Waals surface area contributed by atoms with Crippen LogP contribution in [-0.2, 0) is 9.59 Å². The maximum atomic E-state index is 12.1. The minimum Gasteiger partial charge on any atom is -0.360 e. The number of pyridine rings is 1. The molecule has 3 aromatic rings. The molecular formula is C17H16N4O3S. The van der Waals surface area contributed by atoms with Crippen LogP contribution in [0.5, 0.6) is 0 Å². The molecule has 0 spiro atoms. The summed E-state index contributed by atoms with van der Waals surface area (Å²) in [4.78, 5) is 28.2. The van der Waals surface area contributed by atoms with Crippen molar-refractivity contribution in [2.45, 2.75) is 6.92 Å². The minimum atomic E-state index is -0.238. The summed E-state index contributed by atoms with van der Waals surface area (Å²) in [5.41, 5.74) is 1.40. The van der Waals surface area contributed by atoms with Crippen LogP contribution in [0, 0.1) is 6.92 Å². The van der Waals surface area contributed by atoms with Crippen molar-refractivity contribution in [3.05, 3.63) is 48.4 Å². The van der Waals surface area contributed by atoms with Gasteiger partial charge in [-0.25, -0.2) is 0 Å². The zero-order chi connectivity index (χ0) is 17.6. The van der Waals surface area contributed by atoms with Crippen molar-refractivity contribution in [1.29, 1.82) is 0 Å². The number of benzene rings is 1. The van der Waals surface area contributed by atoms with Crippen LogP contribution in [-0.4, -0.2) is 33.5 Å². The van der Waals surface area contributed by atoms with Crippen molar-refractivity contribution in [2.75, 3.05) is 22.1 Å². The summed E-state index contributed by atoms with van der Waals surface area (Å²) in [6.45, 7) is 1.74. The van der Waals surface area contributed by atoms with Gasteiger partial charge < -0.3 is 15.2 Å². The highest BCUT2D eigenvalue weighted by Crippen LogP contribution is 2.20. The number of amides is 2. The molecule has 0 radical (unpaired) electrons. The number of nitrogens with one attached hydrogen (secondary N) is 2. The van der Waals surface area contributed by atoms with Crippen LogP contribution >= 0.6 is 11.8 Å². The average Bonchev–Trinajstić information content (AvgIpc) is 3.00. The number of carbonyl (C=O) groups excluding carboxylic acids is 2. The summed E-state index contributed by atoms with van der Waals surface area (Å²) in [5.74, 6) is 0.869. The highest BCUT2D eigenvalue weighted by atomic mass is 32.2. The maximum Gasteiger partial charge on any atom is 0.235 e. The normalized spacial score (nSPS) is 10.6. The Kier molecular flexibility index (Phi) is 5.30. The molecule has 128 valence electrons. The molecule has 0 atom stereocenters. The highest BCUT2D eigenvalue weighted by molar-refractivity contribution is 8.00. The lowest BCUT2D eigenvalue weighted by Crippen LogP contribution is -2.18. The standard InChI is InChI=1S/C17H16N4O3S/c1-11-8-14(21-24-11)20-16(23)10-25-9-15(22)19-13-6-2-4-12-5-3-7-18-17(12)13/h2-8H,9-10H2,1H3,(H,19,22)(H,20,21,23). The first kappa shape index (κ1) is 17.0. The van der Waals surface area contributed by atoms with Crippen LogP contribution in [0.4, 0.5) is 11.5 Å². The molecule has 2 heterocycles. The van der Waals surface area contributed by atoms with Gasteiger partial charge in [-0.2, -0.15) is 0 Å². The Morgan fingerprint density at radius 2 is 1.88 bits per heavy atom. The van der Waals surface area contributed by atoms with Gasteiger partial charge in [0.05, 0.1) is 22.7 Å². The largest absolute Gasteiger partial charge is 0.360 e. The molecule has 2 amide bonds. The smallest absolute Gasteiger partial charge is 0.235 e. The molecular weight excluding hydrogens is 340 g/mol. The van der Waals surface area contributed by atoms with Gasteiger partial charge in [0, 0.05) is 17.6 Å². The van der Waals surface area contributed by atoms with Crippen molar-refractivity contribution in [1.82, 2.24) is 10.1 Å². The van der Waals surface area contributed by atoms with Crippen LogP contribution in [0.2, 0.25) is 0 Å². The van der Waals surface area contributed by atoms with Crippen molar-refractivity contribution in [3.8, 4) is 0 Å². The summed E-state index contributed by atoms with van der Waals surface area (Å²) >= 11 is 1.22. The molecule has 0 saturated carbocycles. The van der Waals surface area contributed by atoms with Crippen LogP contribution in [0.25, 0.3) is 10.9 Å². The van der Waals surface area contributed by atoms with Crippen LogP contribution in [0.1, 0.15) is 5.76 Å². The lowest BCUT2D eigenvalue weighted by molar-refractivity contribution is -0.114. The number of aromatic nitrogens is 2. The summed E-state index contributed by atoms with van der Waals surface area (Å²) in [7, 11) is 0. The first-order chi connectivity index (χ1) is 12.1. The molecule has 0 fully saturated rings. The van der Waals surface area contributed by atoms with Gasteiger partial charge in [0.25, 0.3) is 0 Å². The molecule has 0 saturated heterocycles. The molecule has 0 aliphatic heterocycles. The molecule has 1 aromatic carbocycles. The molecule has 2 aromatic heterocycles. The van der Waals surface area contributed by atoms with E-state index in [2.05, 4.69) is 20.8 Å². The molecule has 3 rings (SSSR count). The van der Waals surface area contributed by atoms with Crippen molar-refractivity contribution in [2.24, 2.45) is 0 Å². The zero-order valence-electron chi connectivity index (χ0n) is 13.5. The third-order valence-electron chi connectivity index (χ3n) is 3.27. The first-order valence-electron chi connectivity index (χ1n) is 7.56. The van der Waals surface area contributed by atoms with Crippen molar-refractivity contribution in [3.63, 3.8) is 0 Å². The Morgan fingerprint density at radius 1 is 1.12 bits per heavy atom. The molecule has 0 aliphatic carbocycles. The molecule has 25 heavy (non-hydrogen) atoms. The minimum absolute atomic E-state index is 0.146. The monoisotopic (exact) mass is 356 g/mol. The molecule has 0 bridgehead atoms. The Balaban J connectivity index is 1.48. The Morgan fingerprint density at radius 3 is 2.64 bits per heavy atom. The quantitative estimate of drug-likeness (QED) is 0.705. The van der Waals surface area contributed by atoms with Gasteiger partial charge in [-0.15, -0.1) is 11.8 Å². The topological polar surface area (TPSA) is 97.1 Å². The molecule has 7 nitrogen and oxygen atoms in total. The molecule has 2 N–H and O–H groups in total. The second kappa shape index (κ2) is 7.80. The van der Waals surface area contributed by atoms with Crippen LogP contribution in [0.3, 0.4) is 0 Å². The predicted octanol–water partition coefficient (Wildman–Crippen LogP) is 2.84. The van der Waals surface area contributed by atoms with E-state index in [1.54, 1.807) is 25.3 Å². The van der Waals surface area contributed by atoms with E-state index in [0.717, 1.165) is 10.9 Å². The summed E-state index contributed by atoms with van der Waals surface area (Å²) in [6.07, 6.45) is 1.68. The van der Waals surface area contributed by atoms with Gasteiger partial charge in [0.1, 0.15) is 5.76 Å². The lowest BCUT2D eigenvalue weighted by Gasteiger charge is -2.07. The van der Waals surface area contributed by atoms with E-state index in [4.69, 9.17) is 4.52 Å². The molecule has 8 heteroatoms. The van der Waals surface area contributed by atoms with E-state index in [9.17, 15) is 9.59 Å². The van der Waals surface area contributed by atoms with E-state index in [1.807, 2.05) is 24.3 Å². The number of rotatable bonds is 6. The summed E-state index contributed by atoms with van der Waals surface area (Å²) in [6, 6.07) is 11.0. The SMILES string of the molecule is Cc1cc(NC(=O)CSCC(=O)Nc2cccc3cccnc23)no1. The van der Waals surface area contributed by atoms with E-state index in [0.29, 0.717) is 17.3 Å². The summed E-state index contributed by atoms with van der Waals surface area (Å²) < 4.78 is 4.87. The number of aryl methyl sites for hydroxylation is 1. The van der Waals surface area contributed by atoms with E-state index >= 15 is 0 Å². The van der Waals surface area contributed by atoms with Crippen LogP contribution in [0.15, 0.2) is 47.1 Å². The number of anilines is 2. The van der Waals surface area contributed by atoms with Gasteiger partial charge in [-0.3, -0.25) is 14.6 Å². The molecule has 0 aliphatic rings. The number of thioether (sulfide) groups is 1. The number of para-hydroxylation sites is 1. The van der Waals surface area contributed by atoms with E-state index < -0.39 is 0 Å². The number of nitrogens with zero attached hydrogens (tertiary/aromatic N) is 2. The second-order valence-corrected chi connectivity index (χ2v) is 6.28. The average molecular weight is 356 g/mol. The van der Waals surface area contributed by atoms with E-state index in [1.165, 1.54) is 11.8 Å². The van der Waals surface area contributed by atoms with Crippen LogP contribution < -0.4 is 10.6 Å². The Bertz CT molecular complexity index is 904. The van der Waals surface area contributed by atoms with Gasteiger partial charge in [-0.1, -0.05) is 23.4 Å². The summed E-state index contributed by atoms with van der Waals surface area (Å²) in [5, 5.41) is 10.1. The number of carbonyl (C=O) groups is 2. The fraction of sp³-hybridized carbons (Fsp3) is 0.176. The third kappa shape index (κ3) is 4.57.